The van der Waals surface area contributed by atoms with E-state index in [2.05, 4.69) is 4.72 Å². The number of hydrogen-bond acceptors (Lipinski definition) is 5. The van der Waals surface area contributed by atoms with Gasteiger partial charge in [-0.3, -0.25) is 9.59 Å². The van der Waals surface area contributed by atoms with E-state index in [0.717, 1.165) is 12.8 Å². The lowest BCUT2D eigenvalue weighted by Gasteiger charge is -2.35. The Hall–Kier alpha value is -2.65. The molecule has 1 aromatic carbocycles. The van der Waals surface area contributed by atoms with Crippen LogP contribution in [0.15, 0.2) is 52.0 Å². The highest BCUT2D eigenvalue weighted by atomic mass is 32.2. The third-order valence-corrected chi connectivity index (χ3v) is 6.65. The van der Waals surface area contributed by atoms with Gasteiger partial charge >= 0.3 is 0 Å². The van der Waals surface area contributed by atoms with Gasteiger partial charge in [0.1, 0.15) is 5.76 Å². The number of nitrogens with zero attached hydrogens (tertiary/aromatic N) is 2. The van der Waals surface area contributed by atoms with Crippen molar-refractivity contribution in [3.05, 3.63) is 54.0 Å². The van der Waals surface area contributed by atoms with Gasteiger partial charge in [0.25, 0.3) is 5.91 Å². The molecule has 2 aliphatic rings. The number of furan rings is 1. The Labute approximate surface area is 169 Å². The summed E-state index contributed by atoms with van der Waals surface area (Å²) in [6.45, 7) is 2.12. The summed E-state index contributed by atoms with van der Waals surface area (Å²) in [6, 6.07) is 9.25. The lowest BCUT2D eigenvalue weighted by molar-refractivity contribution is -0.134. The van der Waals surface area contributed by atoms with Crippen LogP contribution in [0.4, 0.5) is 0 Å². The van der Waals surface area contributed by atoms with E-state index in [9.17, 15) is 18.0 Å². The van der Waals surface area contributed by atoms with E-state index in [4.69, 9.17) is 4.42 Å². The van der Waals surface area contributed by atoms with Crippen molar-refractivity contribution in [1.82, 2.24) is 14.5 Å². The van der Waals surface area contributed by atoms with Crippen molar-refractivity contribution >= 4 is 21.8 Å². The van der Waals surface area contributed by atoms with E-state index < -0.39 is 10.0 Å². The molecular formula is C20H23N3O5S. The molecule has 0 unspecified atom stereocenters. The number of rotatable bonds is 6. The van der Waals surface area contributed by atoms with Gasteiger partial charge in [0, 0.05) is 37.7 Å². The summed E-state index contributed by atoms with van der Waals surface area (Å²) in [6.07, 6.45) is 3.43. The van der Waals surface area contributed by atoms with E-state index in [1.54, 1.807) is 17.0 Å². The number of carbonyl (C=O) groups excluding carboxylic acids is 2. The average molecular weight is 417 g/mol. The molecule has 2 heterocycles. The fraction of sp³-hybridized carbons (Fsp3) is 0.400. The smallest absolute Gasteiger partial charge is 0.253 e. The molecule has 0 bridgehead atoms. The first kappa shape index (κ1) is 19.7. The van der Waals surface area contributed by atoms with Gasteiger partial charge in [0.2, 0.25) is 15.9 Å². The Morgan fingerprint density at radius 3 is 2.24 bits per heavy atom. The van der Waals surface area contributed by atoms with Crippen LogP contribution in [0.3, 0.4) is 0 Å². The predicted molar refractivity (Wildman–Crippen MR) is 104 cm³/mol. The normalized spacial score (nSPS) is 17.4. The average Bonchev–Trinajstić information content (AvgIpc) is 3.47. The molecule has 2 amide bonds. The van der Waals surface area contributed by atoms with E-state index in [0.29, 0.717) is 37.5 Å². The van der Waals surface area contributed by atoms with Crippen LogP contribution in [0.2, 0.25) is 0 Å². The van der Waals surface area contributed by atoms with Crippen molar-refractivity contribution in [2.24, 2.45) is 5.92 Å². The van der Waals surface area contributed by atoms with Crippen LogP contribution in [0.25, 0.3) is 0 Å². The second kappa shape index (κ2) is 8.00. The highest BCUT2D eigenvalue weighted by Crippen LogP contribution is 2.31. The van der Waals surface area contributed by atoms with Gasteiger partial charge in [-0.1, -0.05) is 0 Å². The molecule has 1 N–H and O–H groups in total. The molecule has 2 fully saturated rings. The molecule has 4 rings (SSSR count). The Balaban J connectivity index is 1.34. The highest BCUT2D eigenvalue weighted by molar-refractivity contribution is 7.89. The molecule has 1 saturated carbocycles. The van der Waals surface area contributed by atoms with E-state index in [1.807, 2.05) is 4.90 Å². The van der Waals surface area contributed by atoms with Crippen LogP contribution in [0.1, 0.15) is 29.0 Å². The number of piperazine rings is 1. The molecule has 0 radical (unpaired) electrons. The summed E-state index contributed by atoms with van der Waals surface area (Å²) in [5.74, 6) is 0.748. The van der Waals surface area contributed by atoms with Gasteiger partial charge in [-0.05, 0) is 49.2 Å². The zero-order chi connectivity index (χ0) is 20.4. The zero-order valence-corrected chi connectivity index (χ0v) is 16.7. The van der Waals surface area contributed by atoms with E-state index in [1.165, 1.54) is 30.5 Å². The van der Waals surface area contributed by atoms with Crippen molar-refractivity contribution in [2.45, 2.75) is 24.3 Å². The number of carbonyl (C=O) groups is 2. The topological polar surface area (TPSA) is 99.9 Å². The Bertz CT molecular complexity index is 974. The molecule has 0 spiro atoms. The van der Waals surface area contributed by atoms with Gasteiger partial charge < -0.3 is 14.2 Å². The molecule has 8 nitrogen and oxygen atoms in total. The number of sulfonamides is 1. The lowest BCUT2D eigenvalue weighted by atomic mass is 10.1. The highest BCUT2D eigenvalue weighted by Gasteiger charge is 2.35. The Morgan fingerprint density at radius 1 is 1.00 bits per heavy atom. The molecular weight excluding hydrogens is 394 g/mol. The summed E-state index contributed by atoms with van der Waals surface area (Å²) in [5.41, 5.74) is 0.428. The van der Waals surface area contributed by atoms with Crippen molar-refractivity contribution in [1.29, 1.82) is 0 Å². The molecule has 9 heteroatoms. The summed E-state index contributed by atoms with van der Waals surface area (Å²) in [4.78, 5) is 28.5. The quantitative estimate of drug-likeness (QED) is 0.767. The van der Waals surface area contributed by atoms with E-state index in [-0.39, 0.29) is 29.2 Å². The molecule has 0 atom stereocenters. The maximum absolute atomic E-state index is 12.7. The minimum Gasteiger partial charge on any atom is -0.468 e. The first-order valence-corrected chi connectivity index (χ1v) is 11.1. The van der Waals surface area contributed by atoms with E-state index >= 15 is 0 Å². The van der Waals surface area contributed by atoms with Crippen molar-refractivity contribution < 1.29 is 22.4 Å². The lowest BCUT2D eigenvalue weighted by Crippen LogP contribution is -2.51. The monoisotopic (exact) mass is 417 g/mol. The fourth-order valence-electron chi connectivity index (χ4n) is 3.34. The second-order valence-corrected chi connectivity index (χ2v) is 9.09. The van der Waals surface area contributed by atoms with Crippen LogP contribution in [-0.2, 0) is 21.4 Å². The minimum absolute atomic E-state index is 0.0554. The molecule has 29 heavy (non-hydrogen) atoms. The largest absolute Gasteiger partial charge is 0.468 e. The Kier molecular flexibility index (Phi) is 5.42. The molecule has 1 aromatic heterocycles. The molecule has 1 saturated heterocycles. The third-order valence-electron chi connectivity index (χ3n) is 5.23. The SMILES string of the molecule is O=C(c1ccc(S(=O)(=O)NCc2ccco2)cc1)N1CCN(C(=O)C2CC2)CC1. The predicted octanol–water partition coefficient (Wildman–Crippen LogP) is 1.45. The van der Waals surface area contributed by atoms with Gasteiger partial charge in [-0.25, -0.2) is 13.1 Å². The van der Waals surface area contributed by atoms with Gasteiger partial charge in [-0.2, -0.15) is 0 Å². The molecule has 1 aliphatic carbocycles. The standard InChI is InChI=1S/C20H23N3O5S/c24-19(15-3-4-15)22-9-11-23(12-10-22)20(25)16-5-7-18(8-6-16)29(26,27)21-14-17-2-1-13-28-17/h1-2,5-8,13,15,21H,3-4,9-12,14H2. The van der Waals surface area contributed by atoms with Crippen molar-refractivity contribution in [2.75, 3.05) is 26.2 Å². The number of benzene rings is 1. The summed E-state index contributed by atoms with van der Waals surface area (Å²) in [7, 11) is -3.70. The third kappa shape index (κ3) is 4.51. The molecule has 1 aliphatic heterocycles. The number of amides is 2. The fourth-order valence-corrected chi connectivity index (χ4v) is 4.33. The number of hydrogen-bond donors (Lipinski definition) is 1. The van der Waals surface area contributed by atoms with Crippen LogP contribution in [0, 0.1) is 5.92 Å². The Morgan fingerprint density at radius 2 is 1.66 bits per heavy atom. The van der Waals surface area contributed by atoms with Gasteiger partial charge in [0.05, 0.1) is 17.7 Å². The van der Waals surface area contributed by atoms with Crippen LogP contribution in [0.5, 0.6) is 0 Å². The summed E-state index contributed by atoms with van der Waals surface area (Å²) < 4.78 is 32.4. The minimum atomic E-state index is -3.70. The van der Waals surface area contributed by atoms with Crippen molar-refractivity contribution in [3.63, 3.8) is 0 Å². The van der Waals surface area contributed by atoms with Crippen molar-refractivity contribution in [3.8, 4) is 0 Å². The maximum atomic E-state index is 12.7. The summed E-state index contributed by atoms with van der Waals surface area (Å²) >= 11 is 0. The second-order valence-electron chi connectivity index (χ2n) is 7.32. The van der Waals surface area contributed by atoms with Crippen LogP contribution in [-0.4, -0.2) is 56.2 Å². The van der Waals surface area contributed by atoms with Gasteiger partial charge in [0.15, 0.2) is 0 Å². The molecule has 154 valence electrons. The van der Waals surface area contributed by atoms with Gasteiger partial charge in [-0.15, -0.1) is 0 Å². The first-order valence-electron chi connectivity index (χ1n) is 9.64. The number of nitrogens with one attached hydrogen (secondary N) is 1. The first-order chi connectivity index (χ1) is 13.9. The van der Waals surface area contributed by atoms with Crippen LogP contribution >= 0.6 is 0 Å². The maximum Gasteiger partial charge on any atom is 0.253 e. The molecule has 2 aromatic rings. The summed E-state index contributed by atoms with van der Waals surface area (Å²) in [5, 5.41) is 0. The van der Waals surface area contributed by atoms with Crippen LogP contribution < -0.4 is 4.72 Å². The zero-order valence-electron chi connectivity index (χ0n) is 15.9.